The highest BCUT2D eigenvalue weighted by Gasteiger charge is 2.42. The Hall–Kier alpha value is -3.22. The van der Waals surface area contributed by atoms with Gasteiger partial charge in [-0.25, -0.2) is 4.39 Å². The van der Waals surface area contributed by atoms with Crippen LogP contribution in [0.4, 0.5) is 4.39 Å². The first-order valence-corrected chi connectivity index (χ1v) is 13.4. The van der Waals surface area contributed by atoms with Gasteiger partial charge in [0, 0.05) is 32.4 Å². The second kappa shape index (κ2) is 11.9. The largest absolute Gasteiger partial charge is 0.343 e. The van der Waals surface area contributed by atoms with Crippen LogP contribution in [0.1, 0.15) is 75.1 Å². The number of nitrogens with zero attached hydrogens (tertiary/aromatic N) is 2. The van der Waals surface area contributed by atoms with Crippen molar-refractivity contribution < 1.29 is 18.8 Å². The van der Waals surface area contributed by atoms with Crippen molar-refractivity contribution in [2.75, 3.05) is 19.6 Å². The average molecular weight is 508 g/mol. The van der Waals surface area contributed by atoms with Crippen LogP contribution in [0.15, 0.2) is 54.6 Å². The van der Waals surface area contributed by atoms with Crippen molar-refractivity contribution in [1.29, 1.82) is 0 Å². The molecule has 2 aromatic carbocycles. The van der Waals surface area contributed by atoms with Crippen molar-refractivity contribution in [3.8, 4) is 0 Å². The highest BCUT2D eigenvalue weighted by atomic mass is 19.1. The van der Waals surface area contributed by atoms with E-state index in [2.05, 4.69) is 31.3 Å². The molecule has 0 saturated carbocycles. The summed E-state index contributed by atoms with van der Waals surface area (Å²) in [7, 11) is 0. The van der Waals surface area contributed by atoms with Gasteiger partial charge in [0.25, 0.3) is 0 Å². The van der Waals surface area contributed by atoms with Crippen LogP contribution in [0.5, 0.6) is 0 Å². The molecule has 2 fully saturated rings. The second-order valence-corrected chi connectivity index (χ2v) is 10.6. The Morgan fingerprint density at radius 3 is 2.22 bits per heavy atom. The zero-order chi connectivity index (χ0) is 26.5. The predicted molar refractivity (Wildman–Crippen MR) is 142 cm³/mol. The van der Waals surface area contributed by atoms with Crippen LogP contribution >= 0.6 is 0 Å². The fraction of sp³-hybridized carbons (Fsp3) is 0.500. The number of halogens is 1. The number of likely N-dealkylation sites (tertiary alicyclic amines) is 2. The van der Waals surface area contributed by atoms with E-state index in [0.717, 1.165) is 17.5 Å². The maximum absolute atomic E-state index is 14.6. The van der Waals surface area contributed by atoms with Crippen molar-refractivity contribution in [1.82, 2.24) is 15.1 Å². The quantitative estimate of drug-likeness (QED) is 0.621. The lowest BCUT2D eigenvalue weighted by molar-refractivity contribution is -0.142. The van der Waals surface area contributed by atoms with Crippen LogP contribution in [-0.4, -0.2) is 59.4 Å². The molecule has 4 atom stereocenters. The molecule has 3 amide bonds. The Balaban J connectivity index is 1.52. The molecule has 2 heterocycles. The standard InChI is InChI=1S/C30H38FN3O3/c1-20(2)22-11-13-24(14-12-22)28(23-8-5-4-6-9-23)32-29(36)27-18-26(31)19-34(27)30(37)25-10-7-16-33(17-15-25)21(3)35/h4-6,8-9,11-14,20,25-28H,7,10,15-19H2,1-3H3,(H,32,36). The Bertz CT molecular complexity index is 1090. The lowest BCUT2D eigenvalue weighted by atomic mass is 9.94. The van der Waals surface area contributed by atoms with Crippen LogP contribution < -0.4 is 5.32 Å². The number of alkyl halides is 1. The zero-order valence-corrected chi connectivity index (χ0v) is 22.0. The number of nitrogens with one attached hydrogen (secondary N) is 1. The molecular formula is C30H38FN3O3. The number of carbonyl (C=O) groups is 3. The van der Waals surface area contributed by atoms with E-state index in [1.165, 1.54) is 17.4 Å². The Morgan fingerprint density at radius 1 is 0.919 bits per heavy atom. The predicted octanol–water partition coefficient (Wildman–Crippen LogP) is 4.60. The molecule has 7 heteroatoms. The van der Waals surface area contributed by atoms with Gasteiger partial charge in [-0.15, -0.1) is 0 Å². The lowest BCUT2D eigenvalue weighted by Crippen LogP contribution is -2.48. The molecule has 4 rings (SSSR count). The van der Waals surface area contributed by atoms with E-state index in [1.54, 1.807) is 4.90 Å². The molecule has 0 bridgehead atoms. The fourth-order valence-electron chi connectivity index (χ4n) is 5.49. The summed E-state index contributed by atoms with van der Waals surface area (Å²) in [6.45, 7) is 6.88. The van der Waals surface area contributed by atoms with E-state index >= 15 is 0 Å². The summed E-state index contributed by atoms with van der Waals surface area (Å²) in [6, 6.07) is 16.6. The van der Waals surface area contributed by atoms with Gasteiger partial charge in [0.1, 0.15) is 12.2 Å². The SMILES string of the molecule is CC(=O)N1CCCC(C(=O)N2CC(F)CC2C(=O)NC(c2ccccc2)c2ccc(C(C)C)cc2)CC1. The van der Waals surface area contributed by atoms with Crippen molar-refractivity contribution in [2.24, 2.45) is 5.92 Å². The van der Waals surface area contributed by atoms with Crippen LogP contribution in [-0.2, 0) is 14.4 Å². The van der Waals surface area contributed by atoms with E-state index in [4.69, 9.17) is 0 Å². The first-order valence-electron chi connectivity index (χ1n) is 13.4. The van der Waals surface area contributed by atoms with Gasteiger partial charge < -0.3 is 15.1 Å². The maximum atomic E-state index is 14.6. The monoisotopic (exact) mass is 507 g/mol. The Labute approximate surface area is 219 Å². The number of amides is 3. The number of rotatable bonds is 6. The molecule has 198 valence electrons. The summed E-state index contributed by atoms with van der Waals surface area (Å²) in [5, 5.41) is 3.13. The van der Waals surface area contributed by atoms with Gasteiger partial charge in [-0.2, -0.15) is 0 Å². The molecule has 2 aliphatic rings. The third kappa shape index (κ3) is 6.38. The van der Waals surface area contributed by atoms with Gasteiger partial charge in [0.05, 0.1) is 12.6 Å². The number of benzene rings is 2. The highest BCUT2D eigenvalue weighted by molar-refractivity contribution is 5.90. The minimum absolute atomic E-state index is 0.00232. The molecule has 0 spiro atoms. The van der Waals surface area contributed by atoms with Gasteiger partial charge in [-0.3, -0.25) is 14.4 Å². The summed E-state index contributed by atoms with van der Waals surface area (Å²) in [5.74, 6) is -0.426. The van der Waals surface area contributed by atoms with Gasteiger partial charge >= 0.3 is 0 Å². The number of hydrogen-bond acceptors (Lipinski definition) is 3. The van der Waals surface area contributed by atoms with Crippen molar-refractivity contribution in [3.63, 3.8) is 0 Å². The Kier molecular flexibility index (Phi) is 8.62. The van der Waals surface area contributed by atoms with E-state index in [0.29, 0.717) is 31.8 Å². The lowest BCUT2D eigenvalue weighted by Gasteiger charge is -2.29. The fourth-order valence-corrected chi connectivity index (χ4v) is 5.49. The highest BCUT2D eigenvalue weighted by Crippen LogP contribution is 2.29. The zero-order valence-electron chi connectivity index (χ0n) is 22.0. The van der Waals surface area contributed by atoms with Crippen LogP contribution in [0, 0.1) is 5.92 Å². The van der Waals surface area contributed by atoms with Crippen molar-refractivity contribution in [2.45, 2.75) is 70.6 Å². The molecular weight excluding hydrogens is 469 g/mol. The molecule has 6 nitrogen and oxygen atoms in total. The molecule has 37 heavy (non-hydrogen) atoms. The van der Waals surface area contributed by atoms with E-state index in [1.807, 2.05) is 42.5 Å². The minimum Gasteiger partial charge on any atom is -0.343 e. The van der Waals surface area contributed by atoms with Crippen LogP contribution in [0.2, 0.25) is 0 Å². The minimum atomic E-state index is -1.24. The molecule has 1 N–H and O–H groups in total. The first kappa shape index (κ1) is 26.8. The number of hydrogen-bond donors (Lipinski definition) is 1. The van der Waals surface area contributed by atoms with Crippen molar-refractivity contribution >= 4 is 17.7 Å². The summed E-state index contributed by atoms with van der Waals surface area (Å²) in [5.41, 5.74) is 3.07. The Morgan fingerprint density at radius 2 is 1.57 bits per heavy atom. The first-order chi connectivity index (χ1) is 17.7. The maximum Gasteiger partial charge on any atom is 0.243 e. The van der Waals surface area contributed by atoms with E-state index < -0.39 is 18.3 Å². The van der Waals surface area contributed by atoms with Gasteiger partial charge in [0.2, 0.25) is 17.7 Å². The molecule has 2 aliphatic heterocycles. The summed E-state index contributed by atoms with van der Waals surface area (Å²) < 4.78 is 14.6. The third-order valence-electron chi connectivity index (χ3n) is 7.71. The topological polar surface area (TPSA) is 69.7 Å². The van der Waals surface area contributed by atoms with Gasteiger partial charge in [0.15, 0.2) is 0 Å². The molecule has 4 unspecified atom stereocenters. The third-order valence-corrected chi connectivity index (χ3v) is 7.71. The average Bonchev–Trinajstić information content (AvgIpc) is 3.12. The molecule has 2 saturated heterocycles. The van der Waals surface area contributed by atoms with Crippen LogP contribution in [0.25, 0.3) is 0 Å². The van der Waals surface area contributed by atoms with Crippen molar-refractivity contribution in [3.05, 3.63) is 71.3 Å². The molecule has 0 radical (unpaired) electrons. The van der Waals surface area contributed by atoms with Gasteiger partial charge in [-0.1, -0.05) is 68.4 Å². The molecule has 0 aromatic heterocycles. The second-order valence-electron chi connectivity index (χ2n) is 10.6. The smallest absolute Gasteiger partial charge is 0.243 e. The van der Waals surface area contributed by atoms with Gasteiger partial charge in [-0.05, 0) is 41.9 Å². The molecule has 0 aliphatic carbocycles. The van der Waals surface area contributed by atoms with Crippen LogP contribution in [0.3, 0.4) is 0 Å². The summed E-state index contributed by atoms with van der Waals surface area (Å²) in [4.78, 5) is 42.1. The summed E-state index contributed by atoms with van der Waals surface area (Å²) in [6.07, 6.45) is 0.661. The summed E-state index contributed by atoms with van der Waals surface area (Å²) >= 11 is 0. The van der Waals surface area contributed by atoms with E-state index in [-0.39, 0.29) is 36.6 Å². The van der Waals surface area contributed by atoms with E-state index in [9.17, 15) is 18.8 Å². The molecule has 2 aromatic rings. The normalized spacial score (nSPS) is 23.0. The number of carbonyl (C=O) groups excluding carboxylic acids is 3.